The predicted molar refractivity (Wildman–Crippen MR) is 116 cm³/mol. The van der Waals surface area contributed by atoms with Crippen molar-refractivity contribution >= 4 is 16.7 Å². The number of hydrogen-bond donors (Lipinski definition) is 2. The van der Waals surface area contributed by atoms with Crippen molar-refractivity contribution < 1.29 is 4.74 Å². The van der Waals surface area contributed by atoms with Gasteiger partial charge in [-0.2, -0.15) is 10.2 Å². The summed E-state index contributed by atoms with van der Waals surface area (Å²) in [6.45, 7) is 0. The zero-order valence-electron chi connectivity index (χ0n) is 17.4. The number of H-pyrrole nitrogens is 1. The van der Waals surface area contributed by atoms with Gasteiger partial charge < -0.3 is 10.1 Å². The second-order valence-electron chi connectivity index (χ2n) is 7.84. The number of pyridine rings is 1. The number of ether oxygens (including phenoxy) is 1. The Kier molecular flexibility index (Phi) is 4.89. The van der Waals surface area contributed by atoms with E-state index in [0.717, 1.165) is 53.7 Å². The third kappa shape index (κ3) is 3.76. The molecule has 31 heavy (non-hydrogen) atoms. The lowest BCUT2D eigenvalue weighted by molar-refractivity contribution is 0.124. The minimum absolute atomic E-state index is 0.0730. The summed E-state index contributed by atoms with van der Waals surface area (Å²) in [5.41, 5.74) is 2.70. The standard InChI is InChI=1S/C21H24N8O2/c1-22-18-9-17-16(11-23-18)21(13-10-24-28(2)12-13)27-29(17)14-3-5-15(6-4-14)31-20-8-7-19(30)25-26-20/h7-12,14-15H,3-6H2,1-2H3,(H,22,23)(H,25,30)/t14-,15+. The number of anilines is 1. The molecule has 160 valence electrons. The zero-order chi connectivity index (χ0) is 21.4. The van der Waals surface area contributed by atoms with E-state index >= 15 is 0 Å². The molecule has 0 unspecified atom stereocenters. The molecule has 0 bridgehead atoms. The van der Waals surface area contributed by atoms with Crippen molar-refractivity contribution in [3.05, 3.63) is 47.1 Å². The lowest BCUT2D eigenvalue weighted by atomic mass is 9.93. The molecule has 4 heterocycles. The van der Waals surface area contributed by atoms with Gasteiger partial charge in [-0.15, -0.1) is 5.10 Å². The third-order valence-corrected chi connectivity index (χ3v) is 5.76. The molecule has 5 rings (SSSR count). The second kappa shape index (κ2) is 7.86. The molecule has 4 aromatic rings. The third-order valence-electron chi connectivity index (χ3n) is 5.76. The maximum atomic E-state index is 11.2. The van der Waals surface area contributed by atoms with Gasteiger partial charge in [0.1, 0.15) is 17.6 Å². The van der Waals surface area contributed by atoms with E-state index < -0.39 is 0 Å². The van der Waals surface area contributed by atoms with Crippen LogP contribution < -0.4 is 15.6 Å². The second-order valence-corrected chi connectivity index (χ2v) is 7.84. The van der Waals surface area contributed by atoms with Gasteiger partial charge in [-0.3, -0.25) is 14.2 Å². The summed E-state index contributed by atoms with van der Waals surface area (Å²) >= 11 is 0. The highest BCUT2D eigenvalue weighted by Crippen LogP contribution is 2.36. The quantitative estimate of drug-likeness (QED) is 0.510. The lowest BCUT2D eigenvalue weighted by Gasteiger charge is -2.29. The van der Waals surface area contributed by atoms with Crippen molar-refractivity contribution in [2.45, 2.75) is 37.8 Å². The van der Waals surface area contributed by atoms with Crippen molar-refractivity contribution in [3.63, 3.8) is 0 Å². The number of nitrogens with zero attached hydrogens (tertiary/aromatic N) is 6. The highest BCUT2D eigenvalue weighted by atomic mass is 16.5. The summed E-state index contributed by atoms with van der Waals surface area (Å²) in [5, 5.41) is 19.8. The van der Waals surface area contributed by atoms with E-state index in [0.29, 0.717) is 5.88 Å². The molecule has 10 heteroatoms. The molecule has 0 atom stereocenters. The fraction of sp³-hybridized carbons (Fsp3) is 0.381. The number of aromatic nitrogens is 7. The van der Waals surface area contributed by atoms with Gasteiger partial charge in [0.15, 0.2) is 0 Å². The van der Waals surface area contributed by atoms with Crippen LogP contribution >= 0.6 is 0 Å². The van der Waals surface area contributed by atoms with Crippen LogP contribution in [0.1, 0.15) is 31.7 Å². The van der Waals surface area contributed by atoms with E-state index in [9.17, 15) is 4.79 Å². The van der Waals surface area contributed by atoms with Crippen LogP contribution in [0.3, 0.4) is 0 Å². The Hall–Kier alpha value is -3.69. The van der Waals surface area contributed by atoms with Crippen molar-refractivity contribution in [3.8, 4) is 17.1 Å². The molecular formula is C21H24N8O2. The number of rotatable bonds is 5. The maximum Gasteiger partial charge on any atom is 0.264 e. The van der Waals surface area contributed by atoms with Gasteiger partial charge in [0.05, 0.1) is 17.8 Å². The van der Waals surface area contributed by atoms with Crippen LogP contribution in [0, 0.1) is 0 Å². The van der Waals surface area contributed by atoms with Crippen LogP contribution in [0.2, 0.25) is 0 Å². The van der Waals surface area contributed by atoms with E-state index in [4.69, 9.17) is 9.84 Å². The Balaban J connectivity index is 1.41. The van der Waals surface area contributed by atoms with E-state index in [1.165, 1.54) is 6.07 Å². The van der Waals surface area contributed by atoms with Crippen LogP contribution in [0.5, 0.6) is 5.88 Å². The van der Waals surface area contributed by atoms with Crippen LogP contribution in [0.25, 0.3) is 22.2 Å². The normalized spacial score (nSPS) is 18.9. The van der Waals surface area contributed by atoms with Gasteiger partial charge in [-0.05, 0) is 25.7 Å². The van der Waals surface area contributed by atoms with Gasteiger partial charge >= 0.3 is 0 Å². The van der Waals surface area contributed by atoms with Crippen molar-refractivity contribution in [1.29, 1.82) is 0 Å². The molecule has 1 fully saturated rings. The van der Waals surface area contributed by atoms with Crippen LogP contribution in [-0.2, 0) is 7.05 Å². The molecule has 4 aromatic heterocycles. The van der Waals surface area contributed by atoms with Crippen LogP contribution in [0.15, 0.2) is 41.6 Å². The number of aromatic amines is 1. The topological polar surface area (TPSA) is 116 Å². The molecule has 1 aliphatic rings. The molecule has 0 spiro atoms. The van der Waals surface area contributed by atoms with Gasteiger partial charge in [0.2, 0.25) is 5.88 Å². The smallest absolute Gasteiger partial charge is 0.264 e. The molecule has 2 N–H and O–H groups in total. The van der Waals surface area contributed by atoms with E-state index in [1.54, 1.807) is 10.7 Å². The van der Waals surface area contributed by atoms with Crippen LogP contribution in [0.4, 0.5) is 5.82 Å². The van der Waals surface area contributed by atoms with E-state index in [1.807, 2.05) is 32.7 Å². The summed E-state index contributed by atoms with van der Waals surface area (Å²) in [7, 11) is 3.77. The Bertz CT molecular complexity index is 1250. The summed E-state index contributed by atoms with van der Waals surface area (Å²) < 4.78 is 9.87. The molecule has 0 aliphatic heterocycles. The summed E-state index contributed by atoms with van der Waals surface area (Å²) in [6, 6.07) is 5.35. The van der Waals surface area contributed by atoms with E-state index in [2.05, 4.69) is 36.3 Å². The Morgan fingerprint density at radius 1 is 1.19 bits per heavy atom. The number of fused-ring (bicyclic) bond motifs is 1. The fourth-order valence-corrected chi connectivity index (χ4v) is 4.18. The molecular weight excluding hydrogens is 396 g/mol. The molecule has 0 radical (unpaired) electrons. The predicted octanol–water partition coefficient (Wildman–Crippen LogP) is 2.52. The van der Waals surface area contributed by atoms with Gasteiger partial charge in [0.25, 0.3) is 5.56 Å². The highest BCUT2D eigenvalue weighted by molar-refractivity contribution is 5.93. The summed E-state index contributed by atoms with van der Waals surface area (Å²) in [6.07, 6.45) is 9.41. The first-order chi connectivity index (χ1) is 15.1. The monoisotopic (exact) mass is 420 g/mol. The first-order valence-electron chi connectivity index (χ1n) is 10.4. The molecule has 10 nitrogen and oxygen atoms in total. The molecule has 1 saturated carbocycles. The Morgan fingerprint density at radius 2 is 2.03 bits per heavy atom. The lowest BCUT2D eigenvalue weighted by Crippen LogP contribution is -2.27. The number of aryl methyl sites for hydroxylation is 1. The van der Waals surface area contributed by atoms with Gasteiger partial charge in [0, 0.05) is 55.6 Å². The first-order valence-corrected chi connectivity index (χ1v) is 10.4. The number of hydrogen-bond acceptors (Lipinski definition) is 7. The van der Waals surface area contributed by atoms with Gasteiger partial charge in [-0.1, -0.05) is 0 Å². The molecule has 0 aromatic carbocycles. The molecule has 0 saturated heterocycles. The average Bonchev–Trinajstić information content (AvgIpc) is 3.39. The largest absolute Gasteiger partial charge is 0.473 e. The van der Waals surface area contributed by atoms with Crippen molar-refractivity contribution in [2.75, 3.05) is 12.4 Å². The molecule has 0 amide bonds. The summed E-state index contributed by atoms with van der Waals surface area (Å²) in [4.78, 5) is 15.7. The van der Waals surface area contributed by atoms with Crippen LogP contribution in [-0.4, -0.2) is 47.9 Å². The number of nitrogens with one attached hydrogen (secondary N) is 2. The van der Waals surface area contributed by atoms with Crippen molar-refractivity contribution in [2.24, 2.45) is 7.05 Å². The Morgan fingerprint density at radius 3 is 2.71 bits per heavy atom. The average molecular weight is 420 g/mol. The maximum absolute atomic E-state index is 11.2. The fourth-order valence-electron chi connectivity index (χ4n) is 4.18. The minimum atomic E-state index is -0.235. The molecule has 1 aliphatic carbocycles. The van der Waals surface area contributed by atoms with E-state index in [-0.39, 0.29) is 17.7 Å². The SMILES string of the molecule is CNc1cc2c(cn1)c(-c1cnn(C)c1)nn2[C@H]1CC[C@@H](Oc2ccc(=O)[nH]n2)CC1. The summed E-state index contributed by atoms with van der Waals surface area (Å²) in [5.74, 6) is 1.27. The van der Waals surface area contributed by atoms with Crippen molar-refractivity contribution in [1.82, 2.24) is 34.7 Å². The highest BCUT2D eigenvalue weighted by Gasteiger charge is 2.27. The Labute approximate surface area is 178 Å². The first kappa shape index (κ1) is 19.3. The zero-order valence-corrected chi connectivity index (χ0v) is 17.4. The van der Waals surface area contributed by atoms with Gasteiger partial charge in [-0.25, -0.2) is 10.1 Å². The minimum Gasteiger partial charge on any atom is -0.473 e.